The first kappa shape index (κ1) is 13.3. The van der Waals surface area contributed by atoms with E-state index in [1.165, 1.54) is 11.3 Å². The predicted molar refractivity (Wildman–Crippen MR) is 81.7 cm³/mol. The van der Waals surface area contributed by atoms with Crippen LogP contribution in [0.2, 0.25) is 0 Å². The quantitative estimate of drug-likeness (QED) is 0.537. The first-order valence-corrected chi connectivity index (χ1v) is 7.73. The monoisotopic (exact) mass is 437 g/mol. The highest BCUT2D eigenvalue weighted by Crippen LogP contribution is 2.35. The van der Waals surface area contributed by atoms with Gasteiger partial charge in [-0.1, -0.05) is 6.07 Å². The third-order valence-corrected chi connectivity index (χ3v) is 6.28. The van der Waals surface area contributed by atoms with E-state index < -0.39 is 0 Å². The molecule has 0 spiro atoms. The van der Waals surface area contributed by atoms with Crippen molar-refractivity contribution in [2.24, 2.45) is 0 Å². The first-order chi connectivity index (χ1) is 8.00. The molecule has 2 rings (SSSR count). The Morgan fingerprint density at radius 2 is 1.94 bits per heavy atom. The molecule has 0 radical (unpaired) electrons. The maximum absolute atomic E-state index is 12.3. The van der Waals surface area contributed by atoms with Gasteiger partial charge in [-0.2, -0.15) is 0 Å². The lowest BCUT2D eigenvalue weighted by molar-refractivity contribution is 0.104. The van der Waals surface area contributed by atoms with Gasteiger partial charge in [-0.25, -0.2) is 0 Å². The molecule has 2 nitrogen and oxygen atoms in total. The van der Waals surface area contributed by atoms with Gasteiger partial charge >= 0.3 is 0 Å². The van der Waals surface area contributed by atoms with Gasteiger partial charge in [0.1, 0.15) is 0 Å². The molecule has 2 N–H and O–H groups in total. The molecule has 0 atom stereocenters. The number of nitrogens with two attached hydrogens (primary N) is 1. The van der Waals surface area contributed by atoms with Crippen LogP contribution in [-0.2, 0) is 0 Å². The summed E-state index contributed by atoms with van der Waals surface area (Å²) in [6.07, 6.45) is 0. The maximum atomic E-state index is 12.3. The van der Waals surface area contributed by atoms with Crippen molar-refractivity contribution >= 4 is 70.6 Å². The third kappa shape index (κ3) is 2.65. The van der Waals surface area contributed by atoms with Crippen LogP contribution in [0, 0.1) is 0 Å². The fraction of sp³-hybridized carbons (Fsp3) is 0. The Morgan fingerprint density at radius 3 is 2.53 bits per heavy atom. The molecule has 0 amide bonds. The number of rotatable bonds is 2. The lowest BCUT2D eigenvalue weighted by Crippen LogP contribution is -2.01. The van der Waals surface area contributed by atoms with Gasteiger partial charge in [0.05, 0.1) is 13.1 Å². The van der Waals surface area contributed by atoms with Crippen LogP contribution in [0.25, 0.3) is 0 Å². The van der Waals surface area contributed by atoms with Crippen molar-refractivity contribution in [2.45, 2.75) is 0 Å². The molecule has 0 saturated heterocycles. The second-order valence-electron chi connectivity index (χ2n) is 3.27. The number of halogens is 3. The van der Waals surface area contributed by atoms with Crippen molar-refractivity contribution in [1.82, 2.24) is 0 Å². The van der Waals surface area contributed by atoms with E-state index in [1.807, 2.05) is 0 Å². The van der Waals surface area contributed by atoms with Crippen LogP contribution in [0.15, 0.2) is 37.0 Å². The highest BCUT2D eigenvalue weighted by atomic mass is 79.9. The third-order valence-electron chi connectivity index (χ3n) is 2.14. The molecule has 17 heavy (non-hydrogen) atoms. The van der Waals surface area contributed by atoms with Crippen molar-refractivity contribution < 1.29 is 4.79 Å². The predicted octanol–water partition coefficient (Wildman–Crippen LogP) is 4.85. The Hall–Kier alpha value is -0.170. The Labute approximate surface area is 128 Å². The van der Waals surface area contributed by atoms with E-state index in [1.54, 1.807) is 24.3 Å². The van der Waals surface area contributed by atoms with Gasteiger partial charge in [-0.3, -0.25) is 4.79 Å². The fourth-order valence-electron chi connectivity index (χ4n) is 1.32. The van der Waals surface area contributed by atoms with Crippen LogP contribution in [0.3, 0.4) is 0 Å². The second kappa shape index (κ2) is 5.22. The molecular formula is C11H6Br3NOS. The van der Waals surface area contributed by atoms with Crippen molar-refractivity contribution in [2.75, 3.05) is 5.73 Å². The molecular weight excluding hydrogens is 434 g/mol. The molecule has 88 valence electrons. The standard InChI is InChI=1S/C11H6Br3NOS/c12-6-4-8(17-11(6)14)10(16)5-2-1-3-7(15)9(5)13/h1-4H,15H2. The number of carbonyl (C=O) groups excluding carboxylic acids is 1. The van der Waals surface area contributed by atoms with Crippen LogP contribution in [0.5, 0.6) is 0 Å². The molecule has 0 aliphatic rings. The summed E-state index contributed by atoms with van der Waals surface area (Å²) >= 11 is 11.5. The SMILES string of the molecule is Nc1cccc(C(=O)c2cc(Br)c(Br)s2)c1Br. The lowest BCUT2D eigenvalue weighted by atomic mass is 10.1. The van der Waals surface area contributed by atoms with Crippen LogP contribution < -0.4 is 5.73 Å². The van der Waals surface area contributed by atoms with Gasteiger partial charge in [0, 0.05) is 15.7 Å². The van der Waals surface area contributed by atoms with Gasteiger partial charge in [-0.15, -0.1) is 11.3 Å². The fourth-order valence-corrected chi connectivity index (χ4v) is 3.75. The van der Waals surface area contributed by atoms with Crippen molar-refractivity contribution in [3.8, 4) is 0 Å². The summed E-state index contributed by atoms with van der Waals surface area (Å²) in [4.78, 5) is 12.9. The molecule has 1 heterocycles. The Kier molecular flexibility index (Phi) is 4.07. The van der Waals surface area contributed by atoms with Crippen LogP contribution >= 0.6 is 59.1 Å². The zero-order valence-corrected chi connectivity index (χ0v) is 13.9. The largest absolute Gasteiger partial charge is 0.398 e. The summed E-state index contributed by atoms with van der Waals surface area (Å²) < 4.78 is 2.43. The lowest BCUT2D eigenvalue weighted by Gasteiger charge is -2.04. The van der Waals surface area contributed by atoms with E-state index in [-0.39, 0.29) is 5.78 Å². The Morgan fingerprint density at radius 1 is 1.24 bits per heavy atom. The van der Waals surface area contributed by atoms with Gasteiger partial charge < -0.3 is 5.73 Å². The van der Waals surface area contributed by atoms with Crippen molar-refractivity contribution in [3.63, 3.8) is 0 Å². The molecule has 0 fully saturated rings. The summed E-state index contributed by atoms with van der Waals surface area (Å²) in [6.45, 7) is 0. The first-order valence-electron chi connectivity index (χ1n) is 4.54. The molecule has 0 aliphatic carbocycles. The van der Waals surface area contributed by atoms with Crippen LogP contribution in [0.1, 0.15) is 15.2 Å². The summed E-state index contributed by atoms with van der Waals surface area (Å²) in [5.74, 6) is -0.0411. The molecule has 0 saturated carbocycles. The minimum absolute atomic E-state index is 0.0411. The van der Waals surface area contributed by atoms with Crippen molar-refractivity contribution in [1.29, 1.82) is 0 Å². The van der Waals surface area contributed by atoms with E-state index >= 15 is 0 Å². The van der Waals surface area contributed by atoms with E-state index in [0.29, 0.717) is 20.6 Å². The zero-order chi connectivity index (χ0) is 12.6. The molecule has 2 aromatic rings. The topological polar surface area (TPSA) is 43.1 Å². The smallest absolute Gasteiger partial charge is 0.204 e. The number of hydrogen-bond donors (Lipinski definition) is 1. The summed E-state index contributed by atoms with van der Waals surface area (Å²) in [5, 5.41) is 0. The van der Waals surface area contributed by atoms with E-state index in [2.05, 4.69) is 47.8 Å². The Bertz CT molecular complexity index is 575. The van der Waals surface area contributed by atoms with Gasteiger partial charge in [0.25, 0.3) is 0 Å². The zero-order valence-electron chi connectivity index (χ0n) is 8.34. The minimum atomic E-state index is -0.0411. The average molecular weight is 440 g/mol. The van der Waals surface area contributed by atoms with E-state index in [4.69, 9.17) is 5.73 Å². The number of benzene rings is 1. The summed E-state index contributed by atoms with van der Waals surface area (Å²) in [7, 11) is 0. The summed E-state index contributed by atoms with van der Waals surface area (Å²) in [6, 6.07) is 7.07. The van der Waals surface area contributed by atoms with E-state index in [0.717, 1.165) is 8.26 Å². The van der Waals surface area contributed by atoms with E-state index in [9.17, 15) is 4.79 Å². The summed E-state index contributed by atoms with van der Waals surface area (Å²) in [5.41, 5.74) is 6.89. The number of ketones is 1. The highest BCUT2D eigenvalue weighted by Gasteiger charge is 2.17. The number of carbonyl (C=O) groups is 1. The number of nitrogen functional groups attached to an aromatic ring is 1. The Balaban J connectivity index is 2.47. The molecule has 0 unspecified atom stereocenters. The highest BCUT2D eigenvalue weighted by molar-refractivity contribution is 9.13. The number of thiophene rings is 1. The second-order valence-corrected chi connectivity index (χ2v) is 7.29. The van der Waals surface area contributed by atoms with Crippen molar-refractivity contribution in [3.05, 3.63) is 47.4 Å². The minimum Gasteiger partial charge on any atom is -0.398 e. The number of hydrogen-bond acceptors (Lipinski definition) is 3. The van der Waals surface area contributed by atoms with Crippen LogP contribution in [-0.4, -0.2) is 5.78 Å². The normalized spacial score (nSPS) is 10.5. The average Bonchev–Trinajstić information content (AvgIpc) is 2.62. The molecule has 0 aliphatic heterocycles. The molecule has 1 aromatic heterocycles. The molecule has 0 bridgehead atoms. The van der Waals surface area contributed by atoms with Crippen LogP contribution in [0.4, 0.5) is 5.69 Å². The van der Waals surface area contributed by atoms with Gasteiger partial charge in [0.2, 0.25) is 5.78 Å². The molecule has 1 aromatic carbocycles. The van der Waals surface area contributed by atoms with Gasteiger partial charge in [0.15, 0.2) is 0 Å². The number of anilines is 1. The maximum Gasteiger partial charge on any atom is 0.204 e. The van der Waals surface area contributed by atoms with Gasteiger partial charge in [-0.05, 0) is 66.0 Å². The molecule has 6 heteroatoms.